The number of thioether (sulfide) groups is 1. The molecule has 1 aromatic carbocycles. The number of carbonyl (C=O) groups excluding carboxylic acids is 2. The van der Waals surface area contributed by atoms with E-state index in [1.54, 1.807) is 22.9 Å². The van der Waals surface area contributed by atoms with Crippen molar-refractivity contribution in [1.29, 1.82) is 0 Å². The summed E-state index contributed by atoms with van der Waals surface area (Å²) in [5, 5.41) is 2.92. The summed E-state index contributed by atoms with van der Waals surface area (Å²) in [5.74, 6) is 1.66. The molecule has 8 heteroatoms. The Hall–Kier alpha value is -2.58. The topological polar surface area (TPSA) is 74.8 Å². The van der Waals surface area contributed by atoms with Crippen LogP contribution in [0.1, 0.15) is 18.4 Å². The summed E-state index contributed by atoms with van der Waals surface area (Å²) >= 11 is 1.76. The van der Waals surface area contributed by atoms with Gasteiger partial charge in [-0.05, 0) is 29.8 Å². The van der Waals surface area contributed by atoms with Crippen LogP contribution in [0.4, 0.5) is 11.5 Å². The minimum atomic E-state index is -0.118. The maximum atomic E-state index is 12.7. The first kappa shape index (κ1) is 20.7. The highest BCUT2D eigenvalue weighted by Gasteiger charge is 2.22. The third-order valence-corrected chi connectivity index (χ3v) is 6.27. The minimum absolute atomic E-state index is 0.00332. The number of benzene rings is 1. The van der Waals surface area contributed by atoms with Crippen LogP contribution in [0, 0.1) is 0 Å². The second-order valence-electron chi connectivity index (χ2n) is 7.26. The molecule has 2 aliphatic rings. The van der Waals surface area contributed by atoms with Gasteiger partial charge in [0.2, 0.25) is 11.8 Å². The Bertz CT molecular complexity index is 901. The van der Waals surface area contributed by atoms with E-state index in [1.165, 1.54) is 0 Å². The van der Waals surface area contributed by atoms with Crippen LogP contribution in [0.2, 0.25) is 0 Å². The van der Waals surface area contributed by atoms with E-state index in [0.29, 0.717) is 26.3 Å². The molecule has 0 spiro atoms. The molecule has 3 heterocycles. The first-order valence-corrected chi connectivity index (χ1v) is 11.3. The van der Waals surface area contributed by atoms with Crippen molar-refractivity contribution < 1.29 is 14.3 Å². The van der Waals surface area contributed by atoms with Crippen molar-refractivity contribution in [2.75, 3.05) is 48.4 Å². The zero-order valence-electron chi connectivity index (χ0n) is 16.9. The van der Waals surface area contributed by atoms with Crippen LogP contribution in [0.3, 0.4) is 0 Å². The maximum Gasteiger partial charge on any atom is 0.227 e. The Labute approximate surface area is 180 Å². The molecule has 2 aromatic rings. The summed E-state index contributed by atoms with van der Waals surface area (Å²) < 4.78 is 5.38. The van der Waals surface area contributed by atoms with E-state index in [2.05, 4.69) is 15.2 Å². The highest BCUT2D eigenvalue weighted by atomic mass is 32.2. The molecule has 1 N–H and O–H groups in total. The number of carbonyl (C=O) groups is 2. The number of morpholine rings is 1. The number of para-hydroxylation sites is 1. The number of rotatable bonds is 6. The third kappa shape index (κ3) is 5.12. The lowest BCUT2D eigenvalue weighted by atomic mass is 10.2. The van der Waals surface area contributed by atoms with Gasteiger partial charge in [0.05, 0.1) is 18.9 Å². The fraction of sp³-hybridized carbons (Fsp3) is 0.409. The van der Waals surface area contributed by atoms with E-state index < -0.39 is 0 Å². The van der Waals surface area contributed by atoms with Gasteiger partial charge in [0.25, 0.3) is 0 Å². The molecule has 2 amide bonds. The lowest BCUT2D eigenvalue weighted by molar-refractivity contribution is -0.125. The maximum absolute atomic E-state index is 12.7. The monoisotopic (exact) mass is 426 g/mol. The number of nitrogens with zero attached hydrogens (tertiary/aromatic N) is 3. The highest BCUT2D eigenvalue weighted by Crippen LogP contribution is 2.34. The molecular weight excluding hydrogens is 400 g/mol. The molecule has 0 radical (unpaired) electrons. The second kappa shape index (κ2) is 9.95. The van der Waals surface area contributed by atoms with Gasteiger partial charge in [0.1, 0.15) is 5.82 Å². The van der Waals surface area contributed by atoms with Gasteiger partial charge in [0.15, 0.2) is 0 Å². The van der Waals surface area contributed by atoms with E-state index in [1.807, 2.05) is 36.4 Å². The van der Waals surface area contributed by atoms with Crippen LogP contribution in [0.15, 0.2) is 47.5 Å². The van der Waals surface area contributed by atoms with E-state index in [0.717, 1.165) is 40.8 Å². The molecule has 1 fully saturated rings. The van der Waals surface area contributed by atoms with Crippen LogP contribution < -0.4 is 15.1 Å². The molecule has 0 saturated carbocycles. The summed E-state index contributed by atoms with van der Waals surface area (Å²) in [5.41, 5.74) is 1.94. The summed E-state index contributed by atoms with van der Waals surface area (Å²) in [6, 6.07) is 11.8. The average molecular weight is 427 g/mol. The van der Waals surface area contributed by atoms with Crippen LogP contribution >= 0.6 is 11.8 Å². The lowest BCUT2D eigenvalue weighted by Crippen LogP contribution is -2.37. The Balaban J connectivity index is 1.26. The average Bonchev–Trinajstić information content (AvgIpc) is 2.81. The number of hydrogen-bond donors (Lipinski definition) is 1. The van der Waals surface area contributed by atoms with Crippen molar-refractivity contribution in [3.05, 3.63) is 48.2 Å². The Kier molecular flexibility index (Phi) is 6.86. The van der Waals surface area contributed by atoms with Gasteiger partial charge in [-0.3, -0.25) is 9.59 Å². The van der Waals surface area contributed by atoms with E-state index >= 15 is 0 Å². The lowest BCUT2D eigenvalue weighted by Gasteiger charge is -2.29. The predicted molar refractivity (Wildman–Crippen MR) is 118 cm³/mol. The normalized spacial score (nSPS) is 16.1. The summed E-state index contributed by atoms with van der Waals surface area (Å²) in [6.45, 7) is 4.17. The van der Waals surface area contributed by atoms with Gasteiger partial charge in [-0.25, -0.2) is 4.98 Å². The number of amides is 2. The fourth-order valence-electron chi connectivity index (χ4n) is 3.61. The molecule has 1 aromatic heterocycles. The number of anilines is 2. The van der Waals surface area contributed by atoms with Crippen molar-refractivity contribution in [2.24, 2.45) is 0 Å². The standard InChI is InChI=1S/C22H26N4O3S/c27-21(5-6-22(28)26-11-14-30-19-4-2-1-3-18(19)26)24-16-17-7-8-23-20(15-17)25-9-12-29-13-10-25/h1-4,7-8,15H,5-6,9-14,16H2,(H,24,27). The number of nitrogens with one attached hydrogen (secondary N) is 1. The molecule has 0 aliphatic carbocycles. The quantitative estimate of drug-likeness (QED) is 0.765. The molecular formula is C22H26N4O3S. The first-order valence-electron chi connectivity index (χ1n) is 10.3. The Morgan fingerprint density at radius 2 is 1.93 bits per heavy atom. The second-order valence-corrected chi connectivity index (χ2v) is 8.40. The largest absolute Gasteiger partial charge is 0.378 e. The van der Waals surface area contributed by atoms with Crippen LogP contribution in [-0.4, -0.2) is 55.4 Å². The Morgan fingerprint density at radius 1 is 1.10 bits per heavy atom. The molecule has 0 unspecified atom stereocenters. The van der Waals surface area contributed by atoms with Crippen molar-refractivity contribution in [1.82, 2.24) is 10.3 Å². The molecule has 0 bridgehead atoms. The SMILES string of the molecule is O=C(CCC(=O)N1CCSc2ccccc21)NCc1ccnc(N2CCOCC2)c1. The molecule has 7 nitrogen and oxygen atoms in total. The molecule has 0 atom stereocenters. The minimum Gasteiger partial charge on any atom is -0.378 e. The molecule has 30 heavy (non-hydrogen) atoms. The van der Waals surface area contributed by atoms with E-state index in [4.69, 9.17) is 4.74 Å². The number of aromatic nitrogens is 1. The van der Waals surface area contributed by atoms with Crippen LogP contribution in [0.25, 0.3) is 0 Å². The highest BCUT2D eigenvalue weighted by molar-refractivity contribution is 7.99. The van der Waals surface area contributed by atoms with Crippen molar-refractivity contribution in [3.8, 4) is 0 Å². The van der Waals surface area contributed by atoms with Crippen LogP contribution in [0.5, 0.6) is 0 Å². The number of hydrogen-bond acceptors (Lipinski definition) is 6. The molecule has 158 valence electrons. The third-order valence-electron chi connectivity index (χ3n) is 5.23. The number of ether oxygens (including phenoxy) is 1. The summed E-state index contributed by atoms with van der Waals surface area (Å²) in [4.78, 5) is 34.5. The van der Waals surface area contributed by atoms with Crippen molar-refractivity contribution in [3.63, 3.8) is 0 Å². The Morgan fingerprint density at radius 3 is 2.80 bits per heavy atom. The van der Waals surface area contributed by atoms with Gasteiger partial charge in [-0.2, -0.15) is 0 Å². The number of pyridine rings is 1. The van der Waals surface area contributed by atoms with Gasteiger partial charge in [0, 0.05) is 55.9 Å². The summed E-state index contributed by atoms with van der Waals surface area (Å²) in [7, 11) is 0. The molecule has 4 rings (SSSR count). The molecule has 2 aliphatic heterocycles. The fourth-order valence-corrected chi connectivity index (χ4v) is 4.60. The van der Waals surface area contributed by atoms with Gasteiger partial charge in [-0.15, -0.1) is 11.8 Å². The van der Waals surface area contributed by atoms with Crippen molar-refractivity contribution >= 4 is 35.1 Å². The van der Waals surface area contributed by atoms with Gasteiger partial charge in [-0.1, -0.05) is 12.1 Å². The zero-order valence-corrected chi connectivity index (χ0v) is 17.7. The van der Waals surface area contributed by atoms with Crippen molar-refractivity contribution in [2.45, 2.75) is 24.3 Å². The first-order chi connectivity index (χ1) is 14.7. The predicted octanol–water partition coefficient (Wildman–Crippen LogP) is 2.45. The van der Waals surface area contributed by atoms with E-state index in [9.17, 15) is 9.59 Å². The summed E-state index contributed by atoms with van der Waals surface area (Å²) in [6.07, 6.45) is 2.16. The zero-order chi connectivity index (χ0) is 20.8. The van der Waals surface area contributed by atoms with Gasteiger partial charge >= 0.3 is 0 Å². The molecule has 1 saturated heterocycles. The van der Waals surface area contributed by atoms with E-state index in [-0.39, 0.29) is 24.7 Å². The van der Waals surface area contributed by atoms with Crippen LogP contribution in [-0.2, 0) is 20.9 Å². The van der Waals surface area contributed by atoms with Gasteiger partial charge < -0.3 is 19.9 Å². The number of fused-ring (bicyclic) bond motifs is 1. The smallest absolute Gasteiger partial charge is 0.227 e.